The van der Waals surface area contributed by atoms with Crippen molar-refractivity contribution in [2.24, 2.45) is 15.9 Å². The van der Waals surface area contributed by atoms with Crippen LogP contribution >= 0.6 is 11.8 Å². The summed E-state index contributed by atoms with van der Waals surface area (Å²) in [6, 6.07) is 9.39. The zero-order valence-electron chi connectivity index (χ0n) is 18.1. The maximum absolute atomic E-state index is 12.9. The lowest BCUT2D eigenvalue weighted by Crippen LogP contribution is -2.54. The quantitative estimate of drug-likeness (QED) is 0.532. The third kappa shape index (κ3) is 4.40. The van der Waals surface area contributed by atoms with Crippen LogP contribution in [0.3, 0.4) is 0 Å². The molecule has 11 heteroatoms. The summed E-state index contributed by atoms with van der Waals surface area (Å²) < 4.78 is 6.67. The maximum atomic E-state index is 12.9. The molecule has 0 aliphatic carbocycles. The van der Waals surface area contributed by atoms with Crippen LogP contribution in [-0.4, -0.2) is 69.7 Å². The Balaban J connectivity index is 1.56. The van der Waals surface area contributed by atoms with Gasteiger partial charge in [0.1, 0.15) is 5.04 Å². The molecule has 2 aliphatic rings. The minimum Gasteiger partial charge on any atom is -0.459 e. The normalized spacial score (nSPS) is 18.0. The number of rotatable bonds is 5. The number of furan rings is 1. The molecule has 1 unspecified atom stereocenters. The van der Waals surface area contributed by atoms with Gasteiger partial charge < -0.3 is 9.73 Å². The first kappa shape index (κ1) is 22.3. The fourth-order valence-electron chi connectivity index (χ4n) is 3.33. The highest BCUT2D eigenvalue weighted by Crippen LogP contribution is 2.26. The molecule has 2 aromatic rings. The van der Waals surface area contributed by atoms with Crippen LogP contribution in [0.5, 0.6) is 0 Å². The number of Topliss-reactive ketones (excluding diaryl/α,β-unsaturated/α-hetero) is 1. The maximum Gasteiger partial charge on any atom is 0.445 e. The van der Waals surface area contributed by atoms with Gasteiger partial charge in [0.05, 0.1) is 26.1 Å². The van der Waals surface area contributed by atoms with Gasteiger partial charge in [0.15, 0.2) is 17.5 Å². The van der Waals surface area contributed by atoms with Crippen molar-refractivity contribution in [1.82, 2.24) is 4.90 Å². The number of aliphatic imine (C=N–C) groups is 2. The number of anilines is 1. The number of amides is 4. The predicted molar refractivity (Wildman–Crippen MR) is 123 cm³/mol. The molecule has 2 aliphatic heterocycles. The summed E-state index contributed by atoms with van der Waals surface area (Å²) in [4.78, 5) is 59.1. The molecule has 1 N–H and O–H groups in total. The van der Waals surface area contributed by atoms with Crippen molar-refractivity contribution in [2.45, 2.75) is 6.92 Å². The number of nitrogens with one attached hydrogen (secondary N) is 1. The molecule has 168 valence electrons. The molecule has 0 bridgehead atoms. The Bertz CT molecular complexity index is 1240. The first-order valence-electron chi connectivity index (χ1n) is 9.93. The molecule has 1 aromatic heterocycles. The molecule has 0 fully saturated rings. The van der Waals surface area contributed by atoms with E-state index in [1.807, 2.05) is 0 Å². The second-order valence-corrected chi connectivity index (χ2v) is 8.36. The van der Waals surface area contributed by atoms with E-state index in [0.29, 0.717) is 22.1 Å². The van der Waals surface area contributed by atoms with Crippen LogP contribution in [0.25, 0.3) is 0 Å². The van der Waals surface area contributed by atoms with Gasteiger partial charge in [-0.2, -0.15) is 9.48 Å². The van der Waals surface area contributed by atoms with Gasteiger partial charge in [-0.1, -0.05) is 16.8 Å². The van der Waals surface area contributed by atoms with Crippen molar-refractivity contribution < 1.29 is 28.2 Å². The van der Waals surface area contributed by atoms with Crippen LogP contribution < -0.4 is 5.32 Å². The summed E-state index contributed by atoms with van der Waals surface area (Å²) in [5, 5.41) is 3.09. The third-order valence-corrected chi connectivity index (χ3v) is 6.13. The molecule has 3 heterocycles. The Kier molecular flexibility index (Phi) is 6.05. The summed E-state index contributed by atoms with van der Waals surface area (Å²) in [6.45, 7) is 1.47. The SMILES string of the molecule is CC(=O)c1ccc(NC(=O)CSC2=NC(c3ccco3)=NC3=[N+](C)C(=O)N(C)C(=O)C23)cc1. The molecular weight excluding hydrogens is 446 g/mol. The molecule has 0 saturated carbocycles. The molecule has 4 amide bonds. The van der Waals surface area contributed by atoms with Crippen molar-refractivity contribution in [1.29, 1.82) is 0 Å². The van der Waals surface area contributed by atoms with Crippen molar-refractivity contribution in [3.63, 3.8) is 0 Å². The van der Waals surface area contributed by atoms with Gasteiger partial charge in [-0.05, 0) is 43.3 Å². The van der Waals surface area contributed by atoms with E-state index in [4.69, 9.17) is 4.42 Å². The summed E-state index contributed by atoms with van der Waals surface area (Å²) in [7, 11) is 2.92. The van der Waals surface area contributed by atoms with Crippen LogP contribution in [0.4, 0.5) is 10.5 Å². The van der Waals surface area contributed by atoms with E-state index in [1.54, 1.807) is 36.4 Å². The van der Waals surface area contributed by atoms with E-state index in [-0.39, 0.29) is 29.1 Å². The van der Waals surface area contributed by atoms with Crippen LogP contribution in [-0.2, 0) is 9.59 Å². The van der Waals surface area contributed by atoms with Crippen molar-refractivity contribution in [3.8, 4) is 0 Å². The Hall–Kier alpha value is -3.86. The Labute approximate surface area is 193 Å². The van der Waals surface area contributed by atoms with E-state index in [1.165, 1.54) is 31.9 Å². The lowest BCUT2D eigenvalue weighted by atomic mass is 10.0. The van der Waals surface area contributed by atoms with Gasteiger partial charge in [-0.25, -0.2) is 9.79 Å². The highest BCUT2D eigenvalue weighted by molar-refractivity contribution is 8.14. The van der Waals surface area contributed by atoms with Crippen molar-refractivity contribution in [3.05, 3.63) is 54.0 Å². The highest BCUT2D eigenvalue weighted by Gasteiger charge is 2.49. The lowest BCUT2D eigenvalue weighted by Gasteiger charge is -2.26. The molecule has 0 radical (unpaired) electrons. The second-order valence-electron chi connectivity index (χ2n) is 7.36. The number of carbonyl (C=O) groups is 4. The first-order valence-corrected chi connectivity index (χ1v) is 10.9. The van der Waals surface area contributed by atoms with E-state index >= 15 is 0 Å². The largest absolute Gasteiger partial charge is 0.459 e. The van der Waals surface area contributed by atoms with E-state index < -0.39 is 17.9 Å². The number of ketones is 1. The summed E-state index contributed by atoms with van der Waals surface area (Å²) >= 11 is 1.08. The van der Waals surface area contributed by atoms with Crippen LogP contribution in [0.15, 0.2) is 57.1 Å². The Morgan fingerprint density at radius 2 is 1.91 bits per heavy atom. The van der Waals surface area contributed by atoms with Gasteiger partial charge in [0, 0.05) is 11.3 Å². The molecule has 1 aromatic carbocycles. The first-order chi connectivity index (χ1) is 15.8. The van der Waals surface area contributed by atoms with E-state index in [9.17, 15) is 19.2 Å². The number of imide groups is 1. The zero-order valence-corrected chi connectivity index (χ0v) is 18.9. The zero-order chi connectivity index (χ0) is 23.7. The molecule has 4 rings (SSSR count). The van der Waals surface area contributed by atoms with Gasteiger partial charge in [-0.3, -0.25) is 14.4 Å². The van der Waals surface area contributed by atoms with E-state index in [2.05, 4.69) is 15.3 Å². The Morgan fingerprint density at radius 3 is 2.55 bits per heavy atom. The van der Waals surface area contributed by atoms with Gasteiger partial charge >= 0.3 is 11.9 Å². The fourth-order valence-corrected chi connectivity index (χ4v) is 4.20. The number of thioether (sulfide) groups is 1. The Morgan fingerprint density at radius 1 is 1.18 bits per heavy atom. The average molecular weight is 466 g/mol. The number of nitrogens with zero attached hydrogens (tertiary/aromatic N) is 4. The molecule has 10 nitrogen and oxygen atoms in total. The number of hydrogen-bond acceptors (Lipinski definition) is 8. The number of benzene rings is 1. The molecule has 1 atom stereocenters. The predicted octanol–water partition coefficient (Wildman–Crippen LogP) is 2.26. The van der Waals surface area contributed by atoms with E-state index in [0.717, 1.165) is 16.7 Å². The summed E-state index contributed by atoms with van der Waals surface area (Å²) in [6.07, 6.45) is 1.47. The molecular formula is C22H20N5O5S+. The highest BCUT2D eigenvalue weighted by atomic mass is 32.2. The topological polar surface area (TPSA) is 124 Å². The minimum absolute atomic E-state index is 0.0306. The van der Waals surface area contributed by atoms with Crippen LogP contribution in [0.2, 0.25) is 0 Å². The average Bonchev–Trinajstić information content (AvgIpc) is 3.35. The molecule has 0 spiro atoms. The second kappa shape index (κ2) is 8.94. The number of fused-ring (bicyclic) bond motifs is 1. The summed E-state index contributed by atoms with van der Waals surface area (Å²) in [5.41, 5.74) is 1.09. The van der Waals surface area contributed by atoms with Crippen LogP contribution in [0.1, 0.15) is 23.0 Å². The lowest BCUT2D eigenvalue weighted by molar-refractivity contribution is -0.407. The number of carbonyl (C=O) groups excluding carboxylic acids is 4. The van der Waals surface area contributed by atoms with Crippen LogP contribution in [0, 0.1) is 5.92 Å². The minimum atomic E-state index is -0.899. The van der Waals surface area contributed by atoms with Gasteiger partial charge in [0.2, 0.25) is 5.91 Å². The van der Waals surface area contributed by atoms with Gasteiger partial charge in [0.25, 0.3) is 11.7 Å². The number of urea groups is 1. The monoisotopic (exact) mass is 466 g/mol. The number of amidine groups is 2. The smallest absolute Gasteiger partial charge is 0.445 e. The third-order valence-electron chi connectivity index (χ3n) is 5.10. The van der Waals surface area contributed by atoms with Crippen molar-refractivity contribution >= 4 is 57.8 Å². The fraction of sp³-hybridized carbons (Fsp3) is 0.227. The standard InChI is InChI=1S/C22H19N5O5S/c1-12(28)13-6-8-14(9-7-13)23-16(29)11-33-20-17-19(26(2)22(31)27(3)21(17)30)24-18(25-20)15-5-4-10-32-15/h4-10,17H,11H2,1-3H3/p+1. The van der Waals surface area contributed by atoms with Gasteiger partial charge in [-0.15, -0.1) is 0 Å². The number of hydrogen-bond donors (Lipinski definition) is 1. The summed E-state index contributed by atoms with van der Waals surface area (Å²) in [5.74, 6) is -0.962. The molecule has 0 saturated heterocycles. The molecule has 33 heavy (non-hydrogen) atoms. The van der Waals surface area contributed by atoms with Crippen molar-refractivity contribution in [2.75, 3.05) is 25.2 Å².